The summed E-state index contributed by atoms with van der Waals surface area (Å²) in [6, 6.07) is 3.75. The van der Waals surface area contributed by atoms with Gasteiger partial charge in [0.2, 0.25) is 0 Å². The second-order valence-corrected chi connectivity index (χ2v) is 5.65. The van der Waals surface area contributed by atoms with Crippen molar-refractivity contribution in [2.24, 2.45) is 0 Å². The second kappa shape index (κ2) is 7.19. The molecule has 0 aromatic carbocycles. The summed E-state index contributed by atoms with van der Waals surface area (Å²) >= 11 is 1.45. The second-order valence-electron chi connectivity index (χ2n) is 4.66. The Bertz CT molecular complexity index is 545. The van der Waals surface area contributed by atoms with Crippen LogP contribution < -0.4 is 5.32 Å². The van der Waals surface area contributed by atoms with E-state index in [1.807, 2.05) is 6.07 Å². The van der Waals surface area contributed by atoms with E-state index < -0.39 is 0 Å². The summed E-state index contributed by atoms with van der Waals surface area (Å²) in [5.41, 5.74) is 0. The highest BCUT2D eigenvalue weighted by molar-refractivity contribution is 7.99. The minimum atomic E-state index is 0.286. The predicted molar refractivity (Wildman–Crippen MR) is 81.1 cm³/mol. The molecule has 0 fully saturated rings. The van der Waals surface area contributed by atoms with E-state index in [9.17, 15) is 0 Å². The van der Waals surface area contributed by atoms with Crippen LogP contribution in [-0.2, 0) is 0 Å². The normalized spacial score (nSPS) is 10.8. The van der Waals surface area contributed by atoms with Crippen molar-refractivity contribution in [3.8, 4) is 0 Å². The molecule has 0 unspecified atom stereocenters. The Morgan fingerprint density at radius 2 is 1.95 bits per heavy atom. The third-order valence-electron chi connectivity index (χ3n) is 2.53. The molecule has 20 heavy (non-hydrogen) atoms. The summed E-state index contributed by atoms with van der Waals surface area (Å²) < 4.78 is 0. The van der Waals surface area contributed by atoms with Gasteiger partial charge in [-0.1, -0.05) is 20.8 Å². The van der Waals surface area contributed by atoms with Crippen LogP contribution in [-0.4, -0.2) is 26.5 Å². The summed E-state index contributed by atoms with van der Waals surface area (Å²) in [6.07, 6.45) is 4.53. The lowest BCUT2D eigenvalue weighted by Gasteiger charge is -2.10. The van der Waals surface area contributed by atoms with Crippen LogP contribution in [0.2, 0.25) is 0 Å². The monoisotopic (exact) mass is 289 g/mol. The Morgan fingerprint density at radius 3 is 2.60 bits per heavy atom. The van der Waals surface area contributed by atoms with Gasteiger partial charge in [0.15, 0.2) is 5.16 Å². The zero-order valence-electron chi connectivity index (χ0n) is 12.0. The Hall–Kier alpha value is -1.69. The van der Waals surface area contributed by atoms with Gasteiger partial charge in [-0.05, 0) is 24.2 Å². The lowest BCUT2D eigenvalue weighted by atomic mass is 10.2. The van der Waals surface area contributed by atoms with E-state index in [0.717, 1.165) is 29.6 Å². The molecule has 0 saturated heterocycles. The predicted octanol–water partition coefficient (Wildman–Crippen LogP) is 3.36. The fraction of sp³-hybridized carbons (Fsp3) is 0.429. The van der Waals surface area contributed by atoms with Gasteiger partial charge in [-0.25, -0.2) is 19.9 Å². The van der Waals surface area contributed by atoms with Crippen molar-refractivity contribution in [1.29, 1.82) is 0 Å². The third kappa shape index (κ3) is 4.16. The molecule has 2 heterocycles. The van der Waals surface area contributed by atoms with Crippen LogP contribution in [0.5, 0.6) is 0 Å². The zero-order valence-corrected chi connectivity index (χ0v) is 12.8. The van der Waals surface area contributed by atoms with Crippen LogP contribution in [0, 0.1) is 0 Å². The molecule has 0 radical (unpaired) electrons. The van der Waals surface area contributed by atoms with Crippen molar-refractivity contribution >= 4 is 17.6 Å². The van der Waals surface area contributed by atoms with Gasteiger partial charge < -0.3 is 5.32 Å². The maximum atomic E-state index is 4.57. The minimum absolute atomic E-state index is 0.286. The average Bonchev–Trinajstić information content (AvgIpc) is 2.46. The number of rotatable bonds is 6. The standard InChI is InChI=1S/C14H19N5S/c1-4-6-15-11-9-12(19-13(18-11)10(2)3)20-14-16-7-5-8-17-14/h5,7-10H,4,6H2,1-3H3,(H,15,18,19). The van der Waals surface area contributed by atoms with Crippen molar-refractivity contribution in [2.45, 2.75) is 43.3 Å². The molecule has 6 heteroatoms. The molecular weight excluding hydrogens is 270 g/mol. The van der Waals surface area contributed by atoms with Crippen molar-refractivity contribution in [2.75, 3.05) is 11.9 Å². The molecule has 0 atom stereocenters. The van der Waals surface area contributed by atoms with E-state index in [1.54, 1.807) is 18.5 Å². The smallest absolute Gasteiger partial charge is 0.193 e. The largest absolute Gasteiger partial charge is 0.370 e. The van der Waals surface area contributed by atoms with Crippen LogP contribution in [0.1, 0.15) is 38.9 Å². The molecular formula is C14H19N5S. The topological polar surface area (TPSA) is 63.6 Å². The molecule has 5 nitrogen and oxygen atoms in total. The van der Waals surface area contributed by atoms with E-state index in [2.05, 4.69) is 46.0 Å². The highest BCUT2D eigenvalue weighted by atomic mass is 32.2. The summed E-state index contributed by atoms with van der Waals surface area (Å²) in [5.74, 6) is 1.99. The molecule has 0 aliphatic heterocycles. The molecule has 0 amide bonds. The number of aromatic nitrogens is 4. The molecule has 0 saturated carbocycles. The third-order valence-corrected chi connectivity index (χ3v) is 3.34. The lowest BCUT2D eigenvalue weighted by Crippen LogP contribution is -2.06. The van der Waals surface area contributed by atoms with Gasteiger partial charge >= 0.3 is 0 Å². The maximum absolute atomic E-state index is 4.57. The molecule has 2 rings (SSSR count). The van der Waals surface area contributed by atoms with Crippen LogP contribution in [0.3, 0.4) is 0 Å². The van der Waals surface area contributed by atoms with Crippen LogP contribution in [0.25, 0.3) is 0 Å². The first-order valence-corrected chi connectivity index (χ1v) is 7.58. The van der Waals surface area contributed by atoms with E-state index in [1.165, 1.54) is 11.8 Å². The minimum Gasteiger partial charge on any atom is -0.370 e. The first kappa shape index (κ1) is 14.7. The highest BCUT2D eigenvalue weighted by Crippen LogP contribution is 2.25. The SMILES string of the molecule is CCCNc1cc(Sc2ncccn2)nc(C(C)C)n1. The number of hydrogen-bond donors (Lipinski definition) is 1. The van der Waals surface area contributed by atoms with Gasteiger partial charge in [-0.2, -0.15) is 0 Å². The maximum Gasteiger partial charge on any atom is 0.193 e. The quantitative estimate of drug-likeness (QED) is 0.650. The van der Waals surface area contributed by atoms with Gasteiger partial charge in [0.25, 0.3) is 0 Å². The number of nitrogens with zero attached hydrogens (tertiary/aromatic N) is 4. The Kier molecular flexibility index (Phi) is 5.29. The van der Waals surface area contributed by atoms with Gasteiger partial charge in [-0.3, -0.25) is 0 Å². The number of hydrogen-bond acceptors (Lipinski definition) is 6. The van der Waals surface area contributed by atoms with Crippen molar-refractivity contribution in [1.82, 2.24) is 19.9 Å². The van der Waals surface area contributed by atoms with Gasteiger partial charge in [0, 0.05) is 30.9 Å². The van der Waals surface area contributed by atoms with Gasteiger partial charge in [0.1, 0.15) is 16.7 Å². The van der Waals surface area contributed by atoms with Crippen LogP contribution >= 0.6 is 11.8 Å². The molecule has 1 N–H and O–H groups in total. The van der Waals surface area contributed by atoms with Crippen molar-refractivity contribution in [3.63, 3.8) is 0 Å². The fourth-order valence-electron chi connectivity index (χ4n) is 1.53. The average molecular weight is 289 g/mol. The molecule has 0 aliphatic carbocycles. The zero-order chi connectivity index (χ0) is 14.4. The highest BCUT2D eigenvalue weighted by Gasteiger charge is 2.10. The number of nitrogens with one attached hydrogen (secondary N) is 1. The van der Waals surface area contributed by atoms with Crippen molar-refractivity contribution in [3.05, 3.63) is 30.4 Å². The molecule has 2 aromatic rings. The Balaban J connectivity index is 2.24. The summed E-state index contributed by atoms with van der Waals surface area (Å²) in [4.78, 5) is 17.5. The molecule has 0 spiro atoms. The van der Waals surface area contributed by atoms with Crippen LogP contribution in [0.4, 0.5) is 5.82 Å². The van der Waals surface area contributed by atoms with E-state index >= 15 is 0 Å². The summed E-state index contributed by atoms with van der Waals surface area (Å²) in [6.45, 7) is 7.21. The van der Waals surface area contributed by atoms with E-state index in [-0.39, 0.29) is 5.92 Å². The van der Waals surface area contributed by atoms with Crippen molar-refractivity contribution < 1.29 is 0 Å². The van der Waals surface area contributed by atoms with E-state index in [4.69, 9.17) is 0 Å². The lowest BCUT2D eigenvalue weighted by molar-refractivity contribution is 0.752. The molecule has 0 aliphatic rings. The van der Waals surface area contributed by atoms with Gasteiger partial charge in [-0.15, -0.1) is 0 Å². The van der Waals surface area contributed by atoms with Crippen LogP contribution in [0.15, 0.2) is 34.7 Å². The molecule has 0 bridgehead atoms. The summed E-state index contributed by atoms with van der Waals surface area (Å²) in [5, 5.41) is 4.88. The molecule has 106 valence electrons. The van der Waals surface area contributed by atoms with E-state index in [0.29, 0.717) is 5.16 Å². The fourth-order valence-corrected chi connectivity index (χ4v) is 2.25. The Morgan fingerprint density at radius 1 is 1.20 bits per heavy atom. The molecule has 2 aromatic heterocycles. The van der Waals surface area contributed by atoms with Gasteiger partial charge in [0.05, 0.1) is 0 Å². The number of anilines is 1. The summed E-state index contributed by atoms with van der Waals surface area (Å²) in [7, 11) is 0. The Labute approximate surface area is 123 Å². The first-order valence-electron chi connectivity index (χ1n) is 6.76. The first-order chi connectivity index (χ1) is 9.69.